The van der Waals surface area contributed by atoms with Gasteiger partial charge in [0.25, 0.3) is 0 Å². The summed E-state index contributed by atoms with van der Waals surface area (Å²) in [5, 5.41) is 3.57. The Hall–Kier alpha value is -1.10. The van der Waals surface area contributed by atoms with Crippen molar-refractivity contribution in [1.29, 1.82) is 0 Å². The lowest BCUT2D eigenvalue weighted by molar-refractivity contribution is 0.519. The van der Waals surface area contributed by atoms with E-state index in [0.29, 0.717) is 17.9 Å². The van der Waals surface area contributed by atoms with Crippen molar-refractivity contribution in [3.8, 4) is 0 Å². The van der Waals surface area contributed by atoms with Crippen LogP contribution in [-0.2, 0) is 0 Å². The number of aromatic nitrogens is 3. The zero-order valence-electron chi connectivity index (χ0n) is 13.9. The molecule has 1 N–H and O–H groups in total. The third-order valence-corrected chi connectivity index (χ3v) is 3.61. The molecule has 0 aliphatic carbocycles. The van der Waals surface area contributed by atoms with Crippen molar-refractivity contribution in [1.82, 2.24) is 15.0 Å². The van der Waals surface area contributed by atoms with Gasteiger partial charge in [-0.25, -0.2) is 0 Å². The molecule has 1 heterocycles. The molecule has 0 aliphatic heterocycles. The molecule has 1 rings (SSSR count). The van der Waals surface area contributed by atoms with Crippen LogP contribution in [0, 0.1) is 5.92 Å². The van der Waals surface area contributed by atoms with Gasteiger partial charge in [-0.1, -0.05) is 26.7 Å². The average molecular weight is 314 g/mol. The summed E-state index contributed by atoms with van der Waals surface area (Å²) in [5.41, 5.74) is 0. The minimum atomic E-state index is 0.240. The second-order valence-corrected chi connectivity index (χ2v) is 6.11. The SMILES string of the molecule is CCN(CC)c1nc(Cl)nc(NC(C)CCCC(C)C)n1. The zero-order valence-corrected chi connectivity index (χ0v) is 14.6. The highest BCUT2D eigenvalue weighted by Crippen LogP contribution is 2.16. The normalized spacial score (nSPS) is 12.5. The highest BCUT2D eigenvalue weighted by molar-refractivity contribution is 6.28. The van der Waals surface area contributed by atoms with Crippen LogP contribution in [0.25, 0.3) is 0 Å². The van der Waals surface area contributed by atoms with Crippen LogP contribution >= 0.6 is 11.6 Å². The van der Waals surface area contributed by atoms with Crippen molar-refractivity contribution in [2.75, 3.05) is 23.3 Å². The third kappa shape index (κ3) is 6.46. The summed E-state index contributed by atoms with van der Waals surface area (Å²) < 4.78 is 0. The van der Waals surface area contributed by atoms with Crippen molar-refractivity contribution >= 4 is 23.5 Å². The number of anilines is 2. The van der Waals surface area contributed by atoms with E-state index in [1.54, 1.807) is 0 Å². The van der Waals surface area contributed by atoms with Crippen molar-refractivity contribution in [2.24, 2.45) is 5.92 Å². The quantitative estimate of drug-likeness (QED) is 0.747. The fraction of sp³-hybridized carbons (Fsp3) is 0.800. The Morgan fingerprint density at radius 2 is 1.71 bits per heavy atom. The fourth-order valence-electron chi connectivity index (χ4n) is 2.18. The Morgan fingerprint density at radius 1 is 1.05 bits per heavy atom. The van der Waals surface area contributed by atoms with Crippen LogP contribution in [0.15, 0.2) is 0 Å². The Kier molecular flexibility index (Phi) is 7.72. The molecule has 0 aromatic carbocycles. The Balaban J connectivity index is 2.65. The predicted octanol–water partition coefficient (Wildman–Crippen LogP) is 4.00. The van der Waals surface area contributed by atoms with E-state index >= 15 is 0 Å². The molecule has 0 spiro atoms. The first-order chi connectivity index (χ1) is 9.96. The number of nitrogens with one attached hydrogen (secondary N) is 1. The number of rotatable bonds is 9. The second kappa shape index (κ2) is 9.03. The monoisotopic (exact) mass is 313 g/mol. The summed E-state index contributed by atoms with van der Waals surface area (Å²) in [7, 11) is 0. The highest BCUT2D eigenvalue weighted by atomic mass is 35.5. The van der Waals surface area contributed by atoms with Gasteiger partial charge < -0.3 is 10.2 Å². The minimum absolute atomic E-state index is 0.240. The number of hydrogen-bond acceptors (Lipinski definition) is 5. The molecule has 5 nitrogen and oxygen atoms in total. The van der Waals surface area contributed by atoms with Crippen LogP contribution in [0.3, 0.4) is 0 Å². The van der Waals surface area contributed by atoms with Gasteiger partial charge in [0.15, 0.2) is 0 Å². The van der Waals surface area contributed by atoms with E-state index in [0.717, 1.165) is 25.4 Å². The van der Waals surface area contributed by atoms with Crippen LogP contribution in [0.4, 0.5) is 11.9 Å². The Morgan fingerprint density at radius 3 is 2.29 bits per heavy atom. The Bertz CT molecular complexity index is 421. The van der Waals surface area contributed by atoms with Gasteiger partial charge in [-0.05, 0) is 44.7 Å². The summed E-state index contributed by atoms with van der Waals surface area (Å²) in [5.74, 6) is 1.95. The molecule has 0 fully saturated rings. The molecule has 0 radical (unpaired) electrons. The van der Waals surface area contributed by atoms with Gasteiger partial charge in [-0.15, -0.1) is 0 Å². The van der Waals surface area contributed by atoms with Gasteiger partial charge in [0.1, 0.15) is 0 Å². The maximum Gasteiger partial charge on any atom is 0.231 e. The number of halogens is 1. The summed E-state index contributed by atoms with van der Waals surface area (Å²) in [4.78, 5) is 14.9. The Labute approximate surface area is 133 Å². The molecular formula is C15H28ClN5. The van der Waals surface area contributed by atoms with E-state index in [9.17, 15) is 0 Å². The standard InChI is InChI=1S/C15H28ClN5/c1-6-21(7-2)15-19-13(16)18-14(20-15)17-12(5)10-8-9-11(3)4/h11-12H,6-10H2,1-5H3,(H,17,18,19,20). The van der Waals surface area contributed by atoms with Crippen molar-refractivity contribution < 1.29 is 0 Å². The van der Waals surface area contributed by atoms with Gasteiger partial charge in [0.05, 0.1) is 0 Å². The van der Waals surface area contributed by atoms with E-state index in [-0.39, 0.29) is 5.28 Å². The first-order valence-electron chi connectivity index (χ1n) is 7.89. The van der Waals surface area contributed by atoms with Crippen LogP contribution in [-0.4, -0.2) is 34.1 Å². The van der Waals surface area contributed by atoms with Gasteiger partial charge in [0, 0.05) is 19.1 Å². The second-order valence-electron chi connectivity index (χ2n) is 5.77. The van der Waals surface area contributed by atoms with E-state index in [2.05, 4.69) is 59.8 Å². The largest absolute Gasteiger partial charge is 0.352 e. The average Bonchev–Trinajstić information content (AvgIpc) is 2.38. The lowest BCUT2D eigenvalue weighted by Crippen LogP contribution is -2.26. The van der Waals surface area contributed by atoms with Crippen LogP contribution in [0.2, 0.25) is 5.28 Å². The minimum Gasteiger partial charge on any atom is -0.352 e. The molecule has 0 saturated carbocycles. The molecule has 0 amide bonds. The molecule has 0 saturated heterocycles. The van der Waals surface area contributed by atoms with Crippen LogP contribution < -0.4 is 10.2 Å². The maximum atomic E-state index is 6.01. The van der Waals surface area contributed by atoms with Crippen LogP contribution in [0.5, 0.6) is 0 Å². The topological polar surface area (TPSA) is 53.9 Å². The van der Waals surface area contributed by atoms with E-state index in [4.69, 9.17) is 11.6 Å². The van der Waals surface area contributed by atoms with Crippen molar-refractivity contribution in [2.45, 2.75) is 59.9 Å². The number of hydrogen-bond donors (Lipinski definition) is 1. The highest BCUT2D eigenvalue weighted by Gasteiger charge is 2.12. The first-order valence-corrected chi connectivity index (χ1v) is 8.27. The summed E-state index contributed by atoms with van der Waals surface area (Å²) >= 11 is 6.01. The third-order valence-electron chi connectivity index (χ3n) is 3.44. The summed E-state index contributed by atoms with van der Waals surface area (Å²) in [6.45, 7) is 12.5. The molecule has 0 aliphatic rings. The zero-order chi connectivity index (χ0) is 15.8. The van der Waals surface area contributed by atoms with Gasteiger partial charge in [-0.3, -0.25) is 0 Å². The van der Waals surface area contributed by atoms with Crippen molar-refractivity contribution in [3.63, 3.8) is 0 Å². The molecule has 1 unspecified atom stereocenters. The smallest absolute Gasteiger partial charge is 0.231 e. The molecule has 0 bridgehead atoms. The van der Waals surface area contributed by atoms with E-state index < -0.39 is 0 Å². The van der Waals surface area contributed by atoms with Crippen LogP contribution in [0.1, 0.15) is 53.9 Å². The predicted molar refractivity (Wildman–Crippen MR) is 90.2 cm³/mol. The van der Waals surface area contributed by atoms with E-state index in [1.807, 2.05) is 0 Å². The van der Waals surface area contributed by atoms with Gasteiger partial charge >= 0.3 is 0 Å². The molecule has 1 atom stereocenters. The molecule has 21 heavy (non-hydrogen) atoms. The molecule has 1 aromatic heterocycles. The van der Waals surface area contributed by atoms with Crippen molar-refractivity contribution in [3.05, 3.63) is 5.28 Å². The maximum absolute atomic E-state index is 6.01. The molecule has 6 heteroatoms. The summed E-state index contributed by atoms with van der Waals surface area (Å²) in [6.07, 6.45) is 3.55. The first kappa shape index (κ1) is 18.0. The molecule has 1 aromatic rings. The lowest BCUT2D eigenvalue weighted by atomic mass is 10.0. The summed E-state index contributed by atoms with van der Waals surface area (Å²) in [6, 6.07) is 0.326. The molecule has 120 valence electrons. The molecular weight excluding hydrogens is 286 g/mol. The van der Waals surface area contributed by atoms with E-state index in [1.165, 1.54) is 12.8 Å². The van der Waals surface area contributed by atoms with Gasteiger partial charge in [0.2, 0.25) is 17.2 Å². The number of nitrogens with zero attached hydrogens (tertiary/aromatic N) is 4. The lowest BCUT2D eigenvalue weighted by Gasteiger charge is -2.20. The van der Waals surface area contributed by atoms with Gasteiger partial charge in [-0.2, -0.15) is 15.0 Å². The fourth-order valence-corrected chi connectivity index (χ4v) is 2.33.